The molecule has 8 nitrogen and oxygen atoms in total. The van der Waals surface area contributed by atoms with Crippen LogP contribution in [0.5, 0.6) is 0 Å². The number of aliphatic hydroxyl groups excluding tert-OH is 1. The number of oxazole rings is 1. The van der Waals surface area contributed by atoms with Crippen LogP contribution in [-0.2, 0) is 23.6 Å². The number of carbonyl (C=O) groups is 2. The van der Waals surface area contributed by atoms with Gasteiger partial charge in [0, 0.05) is 44.4 Å². The normalized spacial score (nSPS) is 14.9. The number of ketones is 1. The van der Waals surface area contributed by atoms with Crippen molar-refractivity contribution in [2.75, 3.05) is 31.1 Å². The molecular weight excluding hydrogens is 594 g/mol. The molecule has 1 saturated heterocycles. The van der Waals surface area contributed by atoms with E-state index in [4.69, 9.17) is 4.42 Å². The summed E-state index contributed by atoms with van der Waals surface area (Å²) in [5.41, 5.74) is -1.61. The van der Waals surface area contributed by atoms with Gasteiger partial charge in [0.2, 0.25) is 17.4 Å². The Hall–Kier alpha value is -4.72. The van der Waals surface area contributed by atoms with Crippen LogP contribution in [-0.4, -0.2) is 57.8 Å². The fourth-order valence-electron chi connectivity index (χ4n) is 4.71. The lowest BCUT2D eigenvalue weighted by atomic mass is 10.1. The number of halogens is 6. The molecule has 0 spiro atoms. The van der Waals surface area contributed by atoms with Crippen LogP contribution >= 0.6 is 0 Å². The van der Waals surface area contributed by atoms with Crippen molar-refractivity contribution in [1.82, 2.24) is 14.9 Å². The standard InChI is InChI=1S/C30H24F6N4O4/c31-29(32,33)21-9-7-19(8-10-21)24(42)28(43)40-14-12-39(13-15-40)23-11-6-18(17-37-23)16-22(41)25-26(30(34,35)36)38-27(44-25)20-4-2-1-3-5-20/h1-11,17,24,42H,12-16H2. The minimum absolute atomic E-state index is 0.0428. The third-order valence-electron chi connectivity index (χ3n) is 7.05. The number of anilines is 1. The van der Waals surface area contributed by atoms with E-state index in [1.54, 1.807) is 30.3 Å². The summed E-state index contributed by atoms with van der Waals surface area (Å²) in [4.78, 5) is 36.7. The van der Waals surface area contributed by atoms with Crippen molar-refractivity contribution in [1.29, 1.82) is 0 Å². The van der Waals surface area contributed by atoms with E-state index in [0.29, 0.717) is 30.0 Å². The van der Waals surface area contributed by atoms with Crippen molar-refractivity contribution >= 4 is 17.5 Å². The van der Waals surface area contributed by atoms with Crippen molar-refractivity contribution in [3.8, 4) is 11.5 Å². The Morgan fingerprint density at radius 1 is 0.864 bits per heavy atom. The number of amides is 1. The lowest BCUT2D eigenvalue weighted by Gasteiger charge is -2.36. The van der Waals surface area contributed by atoms with Crippen molar-refractivity contribution in [3.63, 3.8) is 0 Å². The number of rotatable bonds is 7. The van der Waals surface area contributed by atoms with E-state index in [2.05, 4.69) is 9.97 Å². The molecule has 5 rings (SSSR count). The molecule has 44 heavy (non-hydrogen) atoms. The highest BCUT2D eigenvalue weighted by atomic mass is 19.4. The van der Waals surface area contributed by atoms with Gasteiger partial charge >= 0.3 is 12.4 Å². The van der Waals surface area contributed by atoms with Crippen LogP contribution in [0.1, 0.15) is 39.0 Å². The number of piperazine rings is 1. The lowest BCUT2D eigenvalue weighted by molar-refractivity contribution is -0.142. The van der Waals surface area contributed by atoms with E-state index < -0.39 is 53.6 Å². The number of aromatic nitrogens is 2. The van der Waals surface area contributed by atoms with Gasteiger partial charge in [0.1, 0.15) is 5.82 Å². The van der Waals surface area contributed by atoms with E-state index in [0.717, 1.165) is 24.3 Å². The average Bonchev–Trinajstić information content (AvgIpc) is 3.48. The van der Waals surface area contributed by atoms with Gasteiger partial charge in [-0.3, -0.25) is 9.59 Å². The zero-order chi connectivity index (χ0) is 31.6. The second-order valence-electron chi connectivity index (χ2n) is 10.0. The molecule has 0 saturated carbocycles. The summed E-state index contributed by atoms with van der Waals surface area (Å²) in [6.45, 7) is 1.06. The van der Waals surface area contributed by atoms with E-state index in [1.807, 2.05) is 4.90 Å². The number of benzene rings is 2. The van der Waals surface area contributed by atoms with Crippen LogP contribution < -0.4 is 4.90 Å². The molecule has 4 aromatic rings. The number of nitrogens with zero attached hydrogens (tertiary/aromatic N) is 4. The Labute approximate surface area is 246 Å². The van der Waals surface area contributed by atoms with Gasteiger partial charge in [-0.1, -0.05) is 36.4 Å². The fourth-order valence-corrected chi connectivity index (χ4v) is 4.71. The molecule has 1 unspecified atom stereocenters. The minimum Gasteiger partial charge on any atom is -0.432 e. The first kappa shape index (κ1) is 30.7. The highest BCUT2D eigenvalue weighted by Crippen LogP contribution is 2.35. The molecule has 0 aliphatic carbocycles. The van der Waals surface area contributed by atoms with Crippen LogP contribution in [0.2, 0.25) is 0 Å². The SMILES string of the molecule is O=C(Cc1ccc(N2CCN(C(=O)C(O)c3ccc(C(F)(F)F)cc3)CC2)nc1)c1oc(-c2ccccc2)nc1C(F)(F)F. The molecule has 1 aliphatic heterocycles. The maximum atomic E-state index is 13.6. The molecule has 230 valence electrons. The van der Waals surface area contributed by atoms with Crippen LogP contribution in [0.15, 0.2) is 77.3 Å². The van der Waals surface area contributed by atoms with Crippen LogP contribution in [0.25, 0.3) is 11.5 Å². The number of carbonyl (C=O) groups excluding carboxylic acids is 2. The number of pyridine rings is 1. The van der Waals surface area contributed by atoms with Gasteiger partial charge in [0.15, 0.2) is 11.8 Å². The summed E-state index contributed by atoms with van der Waals surface area (Å²) in [6.07, 6.45) is -10.1. The molecule has 0 radical (unpaired) electrons. The third-order valence-corrected chi connectivity index (χ3v) is 7.05. The summed E-state index contributed by atoms with van der Waals surface area (Å²) < 4.78 is 84.5. The Balaban J connectivity index is 1.19. The van der Waals surface area contributed by atoms with Crippen molar-refractivity contribution < 1.29 is 45.5 Å². The van der Waals surface area contributed by atoms with Crippen LogP contribution in [0, 0.1) is 0 Å². The topological polar surface area (TPSA) is 99.8 Å². The summed E-state index contributed by atoms with van der Waals surface area (Å²) in [5, 5.41) is 10.4. The van der Waals surface area contributed by atoms with Crippen molar-refractivity contribution in [3.05, 3.63) is 101 Å². The first-order chi connectivity index (χ1) is 20.8. The lowest BCUT2D eigenvalue weighted by Crippen LogP contribution is -2.50. The highest BCUT2D eigenvalue weighted by Gasteiger charge is 2.41. The molecular formula is C30H24F6N4O4. The summed E-state index contributed by atoms with van der Waals surface area (Å²) in [5.74, 6) is -2.27. The second-order valence-corrected chi connectivity index (χ2v) is 10.0. The Kier molecular flexibility index (Phi) is 8.46. The molecule has 1 fully saturated rings. The molecule has 14 heteroatoms. The molecule has 1 N–H and O–H groups in total. The Bertz CT molecular complexity index is 1610. The number of hydrogen-bond donors (Lipinski definition) is 1. The van der Waals surface area contributed by atoms with Gasteiger partial charge in [-0.25, -0.2) is 9.97 Å². The monoisotopic (exact) mass is 618 g/mol. The number of aliphatic hydroxyl groups is 1. The van der Waals surface area contributed by atoms with Crippen molar-refractivity contribution in [2.45, 2.75) is 24.9 Å². The Morgan fingerprint density at radius 2 is 1.52 bits per heavy atom. The fraction of sp³-hybridized carbons (Fsp3) is 0.267. The van der Waals surface area contributed by atoms with Gasteiger partial charge < -0.3 is 19.3 Å². The van der Waals surface area contributed by atoms with Gasteiger partial charge in [-0.2, -0.15) is 26.3 Å². The number of hydrogen-bond acceptors (Lipinski definition) is 7. The number of Topliss-reactive ketones (excluding diaryl/α,β-unsaturated/α-hetero) is 1. The minimum atomic E-state index is -4.90. The molecule has 1 aliphatic rings. The molecule has 3 heterocycles. The smallest absolute Gasteiger partial charge is 0.432 e. The quantitative estimate of drug-likeness (QED) is 0.213. The van der Waals surface area contributed by atoms with E-state index in [-0.39, 0.29) is 24.5 Å². The third kappa shape index (κ3) is 6.75. The predicted molar refractivity (Wildman–Crippen MR) is 144 cm³/mol. The van der Waals surface area contributed by atoms with E-state index >= 15 is 0 Å². The Morgan fingerprint density at radius 3 is 2.09 bits per heavy atom. The first-order valence-corrected chi connectivity index (χ1v) is 13.3. The van der Waals surface area contributed by atoms with Gasteiger partial charge in [0.05, 0.1) is 5.56 Å². The zero-order valence-corrected chi connectivity index (χ0v) is 22.8. The highest BCUT2D eigenvalue weighted by molar-refractivity contribution is 5.96. The summed E-state index contributed by atoms with van der Waals surface area (Å²) in [7, 11) is 0. The van der Waals surface area contributed by atoms with Gasteiger partial charge in [0.25, 0.3) is 5.91 Å². The second kappa shape index (κ2) is 12.1. The summed E-state index contributed by atoms with van der Waals surface area (Å²) >= 11 is 0. The molecule has 0 bridgehead atoms. The maximum Gasteiger partial charge on any atom is 0.437 e. The molecule has 1 amide bonds. The maximum absolute atomic E-state index is 13.6. The van der Waals surface area contributed by atoms with Crippen LogP contribution in [0.4, 0.5) is 32.2 Å². The number of alkyl halides is 6. The predicted octanol–water partition coefficient (Wildman–Crippen LogP) is 5.58. The average molecular weight is 619 g/mol. The first-order valence-electron chi connectivity index (χ1n) is 13.3. The van der Waals surface area contributed by atoms with Crippen LogP contribution in [0.3, 0.4) is 0 Å². The summed E-state index contributed by atoms with van der Waals surface area (Å²) in [6, 6.07) is 14.8. The van der Waals surface area contributed by atoms with E-state index in [9.17, 15) is 41.0 Å². The molecule has 2 aromatic heterocycles. The molecule has 2 aromatic carbocycles. The van der Waals surface area contributed by atoms with Gasteiger partial charge in [-0.05, 0) is 41.5 Å². The van der Waals surface area contributed by atoms with Gasteiger partial charge in [-0.15, -0.1) is 0 Å². The van der Waals surface area contributed by atoms with Crippen molar-refractivity contribution in [2.24, 2.45) is 0 Å². The van der Waals surface area contributed by atoms with E-state index in [1.165, 1.54) is 23.2 Å². The molecule has 1 atom stereocenters. The largest absolute Gasteiger partial charge is 0.437 e. The zero-order valence-electron chi connectivity index (χ0n) is 22.8.